The maximum Gasteiger partial charge on any atom is 0.310 e. The number of para-hydroxylation sites is 1. The van der Waals surface area contributed by atoms with Crippen molar-refractivity contribution in [1.29, 1.82) is 0 Å². The van der Waals surface area contributed by atoms with Gasteiger partial charge in [-0.15, -0.1) is 0 Å². The van der Waals surface area contributed by atoms with E-state index in [4.69, 9.17) is 9.47 Å². The van der Waals surface area contributed by atoms with E-state index in [-0.39, 0.29) is 6.10 Å². The van der Waals surface area contributed by atoms with Crippen LogP contribution in [0, 0.1) is 13.8 Å². The maximum atomic E-state index is 11.2. The Balaban J connectivity index is 1.80. The summed E-state index contributed by atoms with van der Waals surface area (Å²) < 4.78 is 11.9. The number of rotatable bonds is 5. The molecular weight excluding hydrogens is 316 g/mol. The van der Waals surface area contributed by atoms with E-state index in [1.54, 1.807) is 6.92 Å². The Hall–Kier alpha value is -2.49. The minimum absolute atomic E-state index is 0.205. The van der Waals surface area contributed by atoms with Gasteiger partial charge in [0.1, 0.15) is 24.2 Å². The number of hydrogen-bond donors (Lipinski definition) is 1. The fourth-order valence-corrected chi connectivity index (χ4v) is 3.35. The molecule has 1 N–H and O–H groups in total. The zero-order valence-electron chi connectivity index (χ0n) is 15.1. The predicted octanol–water partition coefficient (Wildman–Crippen LogP) is 4.39. The number of fused-ring (bicyclic) bond motifs is 1. The highest BCUT2D eigenvalue weighted by molar-refractivity contribution is 5.76. The minimum Gasteiger partial charge on any atom is -0.490 e. The van der Waals surface area contributed by atoms with E-state index in [2.05, 4.69) is 13.0 Å². The van der Waals surface area contributed by atoms with E-state index in [1.807, 2.05) is 38.1 Å². The molecule has 0 aliphatic carbocycles. The molecule has 0 spiro atoms. The van der Waals surface area contributed by atoms with Gasteiger partial charge >= 0.3 is 5.97 Å². The Bertz CT molecular complexity index is 810. The van der Waals surface area contributed by atoms with Crippen molar-refractivity contribution >= 4 is 5.97 Å². The van der Waals surface area contributed by atoms with E-state index in [9.17, 15) is 9.90 Å². The average molecular weight is 340 g/mol. The van der Waals surface area contributed by atoms with Gasteiger partial charge in [-0.2, -0.15) is 0 Å². The second kappa shape index (κ2) is 6.79. The van der Waals surface area contributed by atoms with Crippen molar-refractivity contribution in [3.8, 4) is 11.5 Å². The number of benzene rings is 2. The third kappa shape index (κ3) is 3.34. The van der Waals surface area contributed by atoms with Crippen molar-refractivity contribution in [3.05, 3.63) is 58.1 Å². The molecule has 0 fully saturated rings. The Morgan fingerprint density at radius 1 is 1.28 bits per heavy atom. The van der Waals surface area contributed by atoms with Crippen molar-refractivity contribution in [2.75, 3.05) is 0 Å². The molecule has 0 bridgehead atoms. The van der Waals surface area contributed by atoms with Crippen LogP contribution in [-0.4, -0.2) is 17.2 Å². The molecule has 4 nitrogen and oxygen atoms in total. The molecule has 4 heteroatoms. The molecule has 2 atom stereocenters. The summed E-state index contributed by atoms with van der Waals surface area (Å²) in [6, 6.07) is 9.88. The number of carbonyl (C=O) groups is 1. The van der Waals surface area contributed by atoms with E-state index < -0.39 is 11.9 Å². The van der Waals surface area contributed by atoms with Crippen LogP contribution in [-0.2, 0) is 17.8 Å². The lowest BCUT2D eigenvalue weighted by atomic mass is 9.93. The summed E-state index contributed by atoms with van der Waals surface area (Å²) in [7, 11) is 0. The van der Waals surface area contributed by atoms with Gasteiger partial charge in [0.25, 0.3) is 0 Å². The molecule has 1 heterocycles. The molecule has 0 amide bonds. The van der Waals surface area contributed by atoms with Gasteiger partial charge < -0.3 is 14.6 Å². The molecule has 0 saturated heterocycles. The van der Waals surface area contributed by atoms with Crippen LogP contribution < -0.4 is 9.47 Å². The zero-order valence-corrected chi connectivity index (χ0v) is 15.1. The van der Waals surface area contributed by atoms with Crippen LogP contribution in [0.15, 0.2) is 30.3 Å². The van der Waals surface area contributed by atoms with Gasteiger partial charge in [-0.25, -0.2) is 0 Å². The third-order valence-electron chi connectivity index (χ3n) is 5.00. The largest absolute Gasteiger partial charge is 0.490 e. The molecule has 132 valence electrons. The predicted molar refractivity (Wildman–Crippen MR) is 96.5 cm³/mol. The normalized spacial score (nSPS) is 16.9. The molecular formula is C21H24O4. The first-order valence-corrected chi connectivity index (χ1v) is 8.61. The fraction of sp³-hybridized carbons (Fsp3) is 0.381. The third-order valence-corrected chi connectivity index (χ3v) is 5.00. The first-order chi connectivity index (χ1) is 11.9. The Labute approximate surface area is 148 Å². The second-order valence-corrected chi connectivity index (χ2v) is 6.79. The Kier molecular flexibility index (Phi) is 4.71. The summed E-state index contributed by atoms with van der Waals surface area (Å²) in [5.41, 5.74) is 5.05. The van der Waals surface area contributed by atoms with Gasteiger partial charge in [-0.05, 0) is 56.0 Å². The Morgan fingerprint density at radius 2 is 2.04 bits per heavy atom. The number of ether oxygens (including phenoxy) is 2. The van der Waals surface area contributed by atoms with Crippen LogP contribution in [0.2, 0.25) is 0 Å². The summed E-state index contributed by atoms with van der Waals surface area (Å²) in [5.74, 6) is 0.380. The number of carboxylic acid groups (broad SMARTS) is 1. The molecule has 2 aromatic rings. The maximum absolute atomic E-state index is 11.2. The van der Waals surface area contributed by atoms with Crippen molar-refractivity contribution in [3.63, 3.8) is 0 Å². The van der Waals surface area contributed by atoms with Crippen molar-refractivity contribution < 1.29 is 19.4 Å². The zero-order chi connectivity index (χ0) is 18.1. The standard InChI is InChI=1S/C21H24O4/c1-12-10-16-6-5-7-17(20(16)25-12)11-24-19-9-8-18(13(2)14(19)3)15(4)21(22)23/h5-9,12,15H,10-11H2,1-4H3,(H,22,23). The van der Waals surface area contributed by atoms with Gasteiger partial charge in [-0.1, -0.05) is 24.3 Å². The summed E-state index contributed by atoms with van der Waals surface area (Å²) in [6.07, 6.45) is 1.14. The van der Waals surface area contributed by atoms with Gasteiger partial charge in [-0.3, -0.25) is 4.79 Å². The van der Waals surface area contributed by atoms with Crippen LogP contribution in [0.25, 0.3) is 0 Å². The molecule has 0 saturated carbocycles. The average Bonchev–Trinajstić information content (AvgIpc) is 2.96. The quantitative estimate of drug-likeness (QED) is 0.877. The van der Waals surface area contributed by atoms with Crippen molar-refractivity contribution in [2.45, 2.75) is 52.7 Å². The number of aliphatic carboxylic acids is 1. The molecule has 3 rings (SSSR count). The second-order valence-electron chi connectivity index (χ2n) is 6.79. The van der Waals surface area contributed by atoms with Crippen molar-refractivity contribution in [1.82, 2.24) is 0 Å². The van der Waals surface area contributed by atoms with E-state index in [1.165, 1.54) is 5.56 Å². The highest BCUT2D eigenvalue weighted by Crippen LogP contribution is 2.34. The highest BCUT2D eigenvalue weighted by atomic mass is 16.5. The molecule has 0 radical (unpaired) electrons. The lowest BCUT2D eigenvalue weighted by Gasteiger charge is -2.17. The van der Waals surface area contributed by atoms with E-state index >= 15 is 0 Å². The molecule has 2 unspecified atom stereocenters. The van der Waals surface area contributed by atoms with Gasteiger partial charge in [0.15, 0.2) is 0 Å². The molecule has 1 aliphatic rings. The van der Waals surface area contributed by atoms with E-state index in [0.717, 1.165) is 40.2 Å². The number of hydrogen-bond acceptors (Lipinski definition) is 3. The molecule has 2 aromatic carbocycles. The highest BCUT2D eigenvalue weighted by Gasteiger charge is 2.22. The van der Waals surface area contributed by atoms with E-state index in [0.29, 0.717) is 6.61 Å². The van der Waals surface area contributed by atoms with Crippen LogP contribution in [0.5, 0.6) is 11.5 Å². The monoisotopic (exact) mass is 340 g/mol. The van der Waals surface area contributed by atoms with Crippen LogP contribution in [0.3, 0.4) is 0 Å². The molecule has 25 heavy (non-hydrogen) atoms. The smallest absolute Gasteiger partial charge is 0.310 e. The fourth-order valence-electron chi connectivity index (χ4n) is 3.35. The topological polar surface area (TPSA) is 55.8 Å². The minimum atomic E-state index is -0.817. The summed E-state index contributed by atoms with van der Waals surface area (Å²) >= 11 is 0. The summed E-state index contributed by atoms with van der Waals surface area (Å²) in [5, 5.41) is 9.24. The first kappa shape index (κ1) is 17.3. The Morgan fingerprint density at radius 3 is 2.76 bits per heavy atom. The van der Waals surface area contributed by atoms with Gasteiger partial charge in [0.05, 0.1) is 5.92 Å². The summed E-state index contributed by atoms with van der Waals surface area (Å²) in [4.78, 5) is 11.2. The SMILES string of the molecule is Cc1c(OCc2cccc3c2OC(C)C3)ccc(C(C)C(=O)O)c1C. The lowest BCUT2D eigenvalue weighted by molar-refractivity contribution is -0.138. The summed E-state index contributed by atoms with van der Waals surface area (Å²) in [6.45, 7) is 8.12. The molecule has 1 aliphatic heterocycles. The lowest BCUT2D eigenvalue weighted by Crippen LogP contribution is -2.10. The van der Waals surface area contributed by atoms with Crippen LogP contribution >= 0.6 is 0 Å². The van der Waals surface area contributed by atoms with Crippen LogP contribution in [0.4, 0.5) is 0 Å². The first-order valence-electron chi connectivity index (χ1n) is 8.61. The van der Waals surface area contributed by atoms with Gasteiger partial charge in [0, 0.05) is 12.0 Å². The van der Waals surface area contributed by atoms with Gasteiger partial charge in [0.2, 0.25) is 0 Å². The number of carboxylic acids is 1. The molecule has 0 aromatic heterocycles. The van der Waals surface area contributed by atoms with Crippen LogP contribution in [0.1, 0.15) is 47.6 Å². The van der Waals surface area contributed by atoms with Crippen molar-refractivity contribution in [2.24, 2.45) is 0 Å².